The third-order valence-electron chi connectivity index (χ3n) is 2.80. The minimum atomic E-state index is -0.280. The summed E-state index contributed by atoms with van der Waals surface area (Å²) in [5.74, 6) is -0.325. The summed E-state index contributed by atoms with van der Waals surface area (Å²) in [7, 11) is 0. The molecule has 0 unspecified atom stereocenters. The van der Waals surface area contributed by atoms with Crippen molar-refractivity contribution in [2.45, 2.75) is 13.8 Å². The second-order valence-corrected chi connectivity index (χ2v) is 4.63. The first-order valence-corrected chi connectivity index (χ1v) is 6.11. The zero-order valence-corrected chi connectivity index (χ0v) is 11.0. The molecule has 2 heteroatoms. The Hall–Kier alpha value is -2.22. The summed E-state index contributed by atoms with van der Waals surface area (Å²) >= 11 is 0. The van der Waals surface area contributed by atoms with Gasteiger partial charge < -0.3 is 0 Å². The molecule has 0 spiro atoms. The van der Waals surface area contributed by atoms with Crippen LogP contribution in [-0.2, 0) is 0 Å². The normalized spacial score (nSPS) is 10.9. The molecule has 0 bridgehead atoms. The minimum Gasteiger partial charge on any atom is -0.289 e. The number of hydrogen-bond donors (Lipinski definition) is 0. The van der Waals surface area contributed by atoms with Crippen molar-refractivity contribution >= 4 is 11.9 Å². The zero-order chi connectivity index (χ0) is 13.8. The van der Waals surface area contributed by atoms with Gasteiger partial charge in [-0.3, -0.25) is 4.79 Å². The van der Waals surface area contributed by atoms with Crippen LogP contribution in [0.15, 0.2) is 48.5 Å². The van der Waals surface area contributed by atoms with Crippen LogP contribution in [-0.4, -0.2) is 5.78 Å². The Morgan fingerprint density at radius 3 is 2.16 bits per heavy atom. The Morgan fingerprint density at radius 2 is 1.58 bits per heavy atom. The maximum Gasteiger partial charge on any atom is 0.185 e. The highest BCUT2D eigenvalue weighted by molar-refractivity contribution is 6.07. The molecule has 2 aromatic carbocycles. The fraction of sp³-hybridized carbons (Fsp3) is 0.118. The number of carbonyl (C=O) groups excluding carboxylic acids is 1. The predicted octanol–water partition coefficient (Wildman–Crippen LogP) is 4.34. The molecule has 0 aliphatic rings. The van der Waals surface area contributed by atoms with Crippen LogP contribution in [0.25, 0.3) is 6.08 Å². The average molecular weight is 254 g/mol. The molecular weight excluding hydrogens is 239 g/mol. The van der Waals surface area contributed by atoms with Crippen LogP contribution in [0.5, 0.6) is 0 Å². The number of rotatable bonds is 3. The number of aryl methyl sites for hydroxylation is 2. The van der Waals surface area contributed by atoms with Crippen LogP contribution in [0.4, 0.5) is 4.39 Å². The zero-order valence-electron chi connectivity index (χ0n) is 11.0. The van der Waals surface area contributed by atoms with Crippen LogP contribution < -0.4 is 0 Å². The standard InChI is InChI=1S/C17H15FO/c1-12-9-13(2)11-15(10-12)17(19)8-5-14-3-6-16(18)7-4-14/h3-11H,1-2H3/b8-5+. The smallest absolute Gasteiger partial charge is 0.185 e. The van der Waals surface area contributed by atoms with Crippen molar-refractivity contribution in [3.8, 4) is 0 Å². The van der Waals surface area contributed by atoms with Crippen LogP contribution >= 0.6 is 0 Å². The van der Waals surface area contributed by atoms with E-state index in [1.807, 2.05) is 32.0 Å². The van der Waals surface area contributed by atoms with Crippen molar-refractivity contribution in [3.63, 3.8) is 0 Å². The Balaban J connectivity index is 2.18. The molecule has 2 rings (SSSR count). The van der Waals surface area contributed by atoms with Gasteiger partial charge >= 0.3 is 0 Å². The molecule has 19 heavy (non-hydrogen) atoms. The number of carbonyl (C=O) groups is 1. The van der Waals surface area contributed by atoms with Crippen molar-refractivity contribution < 1.29 is 9.18 Å². The van der Waals surface area contributed by atoms with Gasteiger partial charge in [0, 0.05) is 5.56 Å². The minimum absolute atomic E-state index is 0.0453. The van der Waals surface area contributed by atoms with E-state index >= 15 is 0 Å². The van der Waals surface area contributed by atoms with E-state index in [0.29, 0.717) is 5.56 Å². The summed E-state index contributed by atoms with van der Waals surface area (Å²) in [4.78, 5) is 12.0. The van der Waals surface area contributed by atoms with Crippen LogP contribution in [0.2, 0.25) is 0 Å². The van der Waals surface area contributed by atoms with E-state index < -0.39 is 0 Å². The summed E-state index contributed by atoms with van der Waals surface area (Å²) < 4.78 is 12.7. The lowest BCUT2D eigenvalue weighted by atomic mass is 10.0. The Morgan fingerprint density at radius 1 is 1.00 bits per heavy atom. The summed E-state index contributed by atoms with van der Waals surface area (Å²) in [6.45, 7) is 3.93. The van der Waals surface area contributed by atoms with Crippen LogP contribution in [0.3, 0.4) is 0 Å². The van der Waals surface area contributed by atoms with E-state index in [0.717, 1.165) is 16.7 Å². The third-order valence-corrected chi connectivity index (χ3v) is 2.80. The van der Waals surface area contributed by atoms with Crippen molar-refractivity contribution in [2.24, 2.45) is 0 Å². The van der Waals surface area contributed by atoms with Gasteiger partial charge in [-0.15, -0.1) is 0 Å². The van der Waals surface area contributed by atoms with Gasteiger partial charge in [-0.2, -0.15) is 0 Å². The Bertz CT molecular complexity index is 604. The van der Waals surface area contributed by atoms with E-state index in [1.165, 1.54) is 18.2 Å². The summed E-state index contributed by atoms with van der Waals surface area (Å²) in [5.41, 5.74) is 3.62. The van der Waals surface area contributed by atoms with E-state index in [2.05, 4.69) is 0 Å². The lowest BCUT2D eigenvalue weighted by Crippen LogP contribution is -1.95. The topological polar surface area (TPSA) is 17.1 Å². The molecule has 0 aliphatic heterocycles. The monoisotopic (exact) mass is 254 g/mol. The van der Waals surface area contributed by atoms with Crippen molar-refractivity contribution in [3.05, 3.63) is 76.6 Å². The molecule has 0 radical (unpaired) electrons. The molecule has 0 amide bonds. The van der Waals surface area contributed by atoms with Crippen molar-refractivity contribution in [1.82, 2.24) is 0 Å². The second-order valence-electron chi connectivity index (χ2n) is 4.63. The maximum atomic E-state index is 12.7. The van der Waals surface area contributed by atoms with Crippen molar-refractivity contribution in [2.75, 3.05) is 0 Å². The van der Waals surface area contributed by atoms with Gasteiger partial charge in [0.05, 0.1) is 0 Å². The summed E-state index contributed by atoms with van der Waals surface area (Å²) in [6.07, 6.45) is 3.21. The largest absolute Gasteiger partial charge is 0.289 e. The molecule has 0 atom stereocenters. The van der Waals surface area contributed by atoms with Gasteiger partial charge in [0.1, 0.15) is 5.82 Å². The molecule has 0 N–H and O–H groups in total. The van der Waals surface area contributed by atoms with Gasteiger partial charge in [0.15, 0.2) is 5.78 Å². The lowest BCUT2D eigenvalue weighted by molar-refractivity contribution is 0.104. The molecule has 1 nitrogen and oxygen atoms in total. The highest BCUT2D eigenvalue weighted by Gasteiger charge is 2.03. The summed E-state index contributed by atoms with van der Waals surface area (Å²) in [5, 5.41) is 0. The number of benzene rings is 2. The Labute approximate surface area is 112 Å². The first-order chi connectivity index (χ1) is 9.04. The van der Waals surface area contributed by atoms with Crippen LogP contribution in [0.1, 0.15) is 27.0 Å². The number of ketones is 1. The third kappa shape index (κ3) is 3.62. The van der Waals surface area contributed by atoms with Gasteiger partial charge in [0.25, 0.3) is 0 Å². The Kier molecular flexibility index (Phi) is 3.91. The van der Waals surface area contributed by atoms with E-state index in [-0.39, 0.29) is 11.6 Å². The quantitative estimate of drug-likeness (QED) is 0.588. The first-order valence-electron chi connectivity index (χ1n) is 6.11. The first kappa shape index (κ1) is 13.2. The molecule has 0 aliphatic carbocycles. The molecular formula is C17H15FO. The SMILES string of the molecule is Cc1cc(C)cc(C(=O)/C=C/c2ccc(F)cc2)c1. The number of hydrogen-bond acceptors (Lipinski definition) is 1. The molecule has 0 fully saturated rings. The predicted molar refractivity (Wildman–Crippen MR) is 75.7 cm³/mol. The molecule has 0 heterocycles. The lowest BCUT2D eigenvalue weighted by Gasteiger charge is -2.01. The fourth-order valence-electron chi connectivity index (χ4n) is 1.96. The highest BCUT2D eigenvalue weighted by Crippen LogP contribution is 2.11. The fourth-order valence-corrected chi connectivity index (χ4v) is 1.96. The number of halogens is 1. The van der Waals surface area contributed by atoms with Crippen molar-refractivity contribution in [1.29, 1.82) is 0 Å². The number of allylic oxidation sites excluding steroid dienone is 1. The molecule has 0 saturated carbocycles. The highest BCUT2D eigenvalue weighted by atomic mass is 19.1. The second kappa shape index (κ2) is 5.61. The summed E-state index contributed by atoms with van der Waals surface area (Å²) in [6, 6.07) is 11.8. The van der Waals surface area contributed by atoms with Crippen LogP contribution in [0, 0.1) is 19.7 Å². The molecule has 96 valence electrons. The van der Waals surface area contributed by atoms with Gasteiger partial charge in [0.2, 0.25) is 0 Å². The van der Waals surface area contributed by atoms with Gasteiger partial charge in [-0.25, -0.2) is 4.39 Å². The average Bonchev–Trinajstić information content (AvgIpc) is 2.36. The van der Waals surface area contributed by atoms with E-state index in [9.17, 15) is 9.18 Å². The van der Waals surface area contributed by atoms with Gasteiger partial charge in [-0.1, -0.05) is 35.4 Å². The molecule has 2 aromatic rings. The molecule has 0 aromatic heterocycles. The van der Waals surface area contributed by atoms with E-state index in [1.54, 1.807) is 18.2 Å². The van der Waals surface area contributed by atoms with Gasteiger partial charge in [-0.05, 0) is 49.8 Å². The molecule has 0 saturated heterocycles. The maximum absolute atomic E-state index is 12.7. The van der Waals surface area contributed by atoms with E-state index in [4.69, 9.17) is 0 Å².